The van der Waals surface area contributed by atoms with Gasteiger partial charge >= 0.3 is 6.03 Å². The van der Waals surface area contributed by atoms with Crippen LogP contribution in [0.1, 0.15) is 33.8 Å². The number of carbonyl (C=O) groups is 1. The Labute approximate surface area is 165 Å². The number of amides is 2. The summed E-state index contributed by atoms with van der Waals surface area (Å²) in [5.74, 6) is 0.829. The van der Waals surface area contributed by atoms with Gasteiger partial charge in [0.05, 0.1) is 6.04 Å². The Balaban J connectivity index is 1.52. The molecule has 2 amide bonds. The Kier molecular flexibility index (Phi) is 6.29. The van der Waals surface area contributed by atoms with Crippen LogP contribution in [-0.2, 0) is 5.75 Å². The van der Waals surface area contributed by atoms with Gasteiger partial charge in [-0.3, -0.25) is 5.32 Å². The van der Waals surface area contributed by atoms with E-state index in [1.807, 2.05) is 25.1 Å². The van der Waals surface area contributed by atoms with Crippen molar-refractivity contribution in [2.75, 3.05) is 5.32 Å². The predicted molar refractivity (Wildman–Crippen MR) is 110 cm³/mol. The summed E-state index contributed by atoms with van der Waals surface area (Å²) in [6.45, 7) is 6.13. The second kappa shape index (κ2) is 8.66. The SMILES string of the molecule is Cc1cc(C(C)NC(=O)Nc2nnc(SCc3ccccc3)s2)c(C)s1. The Morgan fingerprint density at radius 2 is 1.96 bits per heavy atom. The first kappa shape index (κ1) is 18.9. The van der Waals surface area contributed by atoms with E-state index in [1.165, 1.54) is 26.7 Å². The first-order chi connectivity index (χ1) is 12.5. The molecule has 1 atom stereocenters. The smallest absolute Gasteiger partial charge is 0.321 e. The third-order valence-electron chi connectivity index (χ3n) is 3.73. The van der Waals surface area contributed by atoms with Crippen LogP contribution in [-0.4, -0.2) is 16.2 Å². The number of carbonyl (C=O) groups excluding carboxylic acids is 1. The Morgan fingerprint density at radius 1 is 1.19 bits per heavy atom. The molecule has 0 saturated heterocycles. The molecular weight excluding hydrogens is 384 g/mol. The van der Waals surface area contributed by atoms with E-state index in [2.05, 4.69) is 52.9 Å². The number of rotatable bonds is 6. The van der Waals surface area contributed by atoms with Crippen molar-refractivity contribution in [2.24, 2.45) is 0 Å². The number of nitrogens with one attached hydrogen (secondary N) is 2. The van der Waals surface area contributed by atoms with E-state index in [9.17, 15) is 4.79 Å². The van der Waals surface area contributed by atoms with Crippen LogP contribution in [0.3, 0.4) is 0 Å². The fourth-order valence-corrected chi connectivity index (χ4v) is 5.25. The van der Waals surface area contributed by atoms with E-state index < -0.39 is 0 Å². The predicted octanol–water partition coefficient (Wildman–Crippen LogP) is 5.39. The molecule has 0 radical (unpaired) electrons. The lowest BCUT2D eigenvalue weighted by molar-refractivity contribution is 0.249. The maximum Gasteiger partial charge on any atom is 0.321 e. The van der Waals surface area contributed by atoms with Gasteiger partial charge in [0, 0.05) is 15.5 Å². The van der Waals surface area contributed by atoms with E-state index in [0.29, 0.717) is 5.13 Å². The maximum absolute atomic E-state index is 12.2. The third kappa shape index (κ3) is 5.06. The Morgan fingerprint density at radius 3 is 2.65 bits per heavy atom. The van der Waals surface area contributed by atoms with Crippen molar-refractivity contribution in [1.29, 1.82) is 0 Å². The molecule has 3 rings (SSSR count). The molecule has 5 nitrogen and oxygen atoms in total. The van der Waals surface area contributed by atoms with E-state index in [0.717, 1.165) is 15.7 Å². The van der Waals surface area contributed by atoms with Crippen molar-refractivity contribution < 1.29 is 4.79 Å². The van der Waals surface area contributed by atoms with Gasteiger partial charge in [-0.1, -0.05) is 53.4 Å². The lowest BCUT2D eigenvalue weighted by atomic mass is 10.1. The van der Waals surface area contributed by atoms with Gasteiger partial charge in [0.1, 0.15) is 0 Å². The van der Waals surface area contributed by atoms with Crippen molar-refractivity contribution in [3.8, 4) is 0 Å². The molecule has 136 valence electrons. The van der Waals surface area contributed by atoms with Crippen molar-refractivity contribution in [3.05, 3.63) is 57.3 Å². The largest absolute Gasteiger partial charge is 0.331 e. The summed E-state index contributed by atoms with van der Waals surface area (Å²) in [7, 11) is 0. The molecule has 0 saturated carbocycles. The molecule has 1 unspecified atom stereocenters. The average Bonchev–Trinajstić information content (AvgIpc) is 3.19. The molecule has 2 heterocycles. The number of urea groups is 1. The highest BCUT2D eigenvalue weighted by molar-refractivity contribution is 8.00. The van der Waals surface area contributed by atoms with Gasteiger partial charge in [0.2, 0.25) is 5.13 Å². The van der Waals surface area contributed by atoms with E-state index in [4.69, 9.17) is 0 Å². The molecule has 0 spiro atoms. The molecular formula is C18H20N4OS3. The van der Waals surface area contributed by atoms with Crippen LogP contribution in [0.2, 0.25) is 0 Å². The molecule has 1 aromatic carbocycles. The fourth-order valence-electron chi connectivity index (χ4n) is 2.53. The standard InChI is InChI=1S/C18H20N4OS3/c1-11-9-15(13(3)25-11)12(2)19-16(23)20-17-21-22-18(26-17)24-10-14-7-5-4-6-8-14/h4-9,12H,10H2,1-3H3,(H2,19,20,21,23). The molecule has 0 fully saturated rings. The number of anilines is 1. The monoisotopic (exact) mass is 404 g/mol. The Hall–Kier alpha value is -1.90. The highest BCUT2D eigenvalue weighted by Crippen LogP contribution is 2.29. The molecule has 8 heteroatoms. The molecule has 0 aliphatic heterocycles. The average molecular weight is 405 g/mol. The summed E-state index contributed by atoms with van der Waals surface area (Å²) >= 11 is 4.73. The summed E-state index contributed by atoms with van der Waals surface area (Å²) < 4.78 is 0.835. The summed E-state index contributed by atoms with van der Waals surface area (Å²) in [6, 6.07) is 12.0. The Bertz CT molecular complexity index is 876. The maximum atomic E-state index is 12.2. The quantitative estimate of drug-likeness (QED) is 0.427. The third-order valence-corrected chi connectivity index (χ3v) is 6.75. The number of benzene rings is 1. The van der Waals surface area contributed by atoms with Crippen molar-refractivity contribution in [3.63, 3.8) is 0 Å². The van der Waals surface area contributed by atoms with Crippen LogP contribution in [0.25, 0.3) is 0 Å². The first-order valence-corrected chi connectivity index (χ1v) is 10.8. The van der Waals surface area contributed by atoms with Crippen molar-refractivity contribution >= 4 is 45.6 Å². The van der Waals surface area contributed by atoms with E-state index >= 15 is 0 Å². The van der Waals surface area contributed by atoms with Crippen LogP contribution in [0.15, 0.2) is 40.7 Å². The van der Waals surface area contributed by atoms with Gasteiger partial charge in [0.25, 0.3) is 0 Å². The van der Waals surface area contributed by atoms with Gasteiger partial charge in [-0.25, -0.2) is 4.79 Å². The molecule has 26 heavy (non-hydrogen) atoms. The number of thiophene rings is 1. The van der Waals surface area contributed by atoms with E-state index in [-0.39, 0.29) is 12.1 Å². The van der Waals surface area contributed by atoms with Crippen LogP contribution in [0.4, 0.5) is 9.93 Å². The van der Waals surface area contributed by atoms with Crippen LogP contribution < -0.4 is 10.6 Å². The van der Waals surface area contributed by atoms with Crippen LogP contribution in [0, 0.1) is 13.8 Å². The summed E-state index contributed by atoms with van der Waals surface area (Å²) in [5, 5.41) is 14.4. The van der Waals surface area contributed by atoms with Crippen LogP contribution in [0.5, 0.6) is 0 Å². The van der Waals surface area contributed by atoms with Gasteiger partial charge in [-0.2, -0.15) is 0 Å². The zero-order valence-electron chi connectivity index (χ0n) is 14.8. The summed E-state index contributed by atoms with van der Waals surface area (Å²) in [6.07, 6.45) is 0. The highest BCUT2D eigenvalue weighted by atomic mass is 32.2. The van der Waals surface area contributed by atoms with Gasteiger partial charge < -0.3 is 5.32 Å². The van der Waals surface area contributed by atoms with Crippen molar-refractivity contribution in [1.82, 2.24) is 15.5 Å². The lowest BCUT2D eigenvalue weighted by Crippen LogP contribution is -2.31. The molecule has 0 aliphatic carbocycles. The lowest BCUT2D eigenvalue weighted by Gasteiger charge is -2.13. The minimum atomic E-state index is -0.267. The second-order valence-corrected chi connectivity index (χ2v) is 9.50. The number of hydrogen-bond acceptors (Lipinski definition) is 6. The molecule has 0 bridgehead atoms. The first-order valence-electron chi connectivity index (χ1n) is 8.16. The summed E-state index contributed by atoms with van der Waals surface area (Å²) in [5.41, 5.74) is 2.38. The fraction of sp³-hybridized carbons (Fsp3) is 0.278. The van der Waals surface area contributed by atoms with Crippen molar-refractivity contribution in [2.45, 2.75) is 36.9 Å². The summed E-state index contributed by atoms with van der Waals surface area (Å²) in [4.78, 5) is 14.7. The number of aromatic nitrogens is 2. The molecule has 2 N–H and O–H groups in total. The molecule has 3 aromatic rings. The number of aryl methyl sites for hydroxylation is 2. The zero-order chi connectivity index (χ0) is 18.5. The topological polar surface area (TPSA) is 66.9 Å². The van der Waals surface area contributed by atoms with Crippen LogP contribution >= 0.6 is 34.4 Å². The molecule has 2 aromatic heterocycles. The van der Waals surface area contributed by atoms with Gasteiger partial charge in [0.15, 0.2) is 4.34 Å². The van der Waals surface area contributed by atoms with Gasteiger partial charge in [-0.15, -0.1) is 21.5 Å². The number of thioether (sulfide) groups is 1. The normalized spacial score (nSPS) is 12.0. The zero-order valence-corrected chi connectivity index (χ0v) is 17.2. The second-order valence-electron chi connectivity index (χ2n) is 5.84. The minimum Gasteiger partial charge on any atom is -0.331 e. The number of hydrogen-bond donors (Lipinski definition) is 2. The molecule has 0 aliphatic rings. The van der Waals surface area contributed by atoms with Gasteiger partial charge in [-0.05, 0) is 38.0 Å². The highest BCUT2D eigenvalue weighted by Gasteiger charge is 2.15. The minimum absolute atomic E-state index is 0.0557. The van der Waals surface area contributed by atoms with E-state index in [1.54, 1.807) is 23.1 Å². The number of nitrogens with zero attached hydrogens (tertiary/aromatic N) is 2.